The first-order valence-corrected chi connectivity index (χ1v) is 8.44. The van der Waals surface area contributed by atoms with Crippen LogP contribution in [0.5, 0.6) is 0 Å². The van der Waals surface area contributed by atoms with Gasteiger partial charge in [0.1, 0.15) is 0 Å². The lowest BCUT2D eigenvalue weighted by atomic mass is 9.66. The number of carboxylic acids is 1. The molecule has 0 atom stereocenters. The SMILES string of the molecule is CC(C)CCC1CCN(C(=O)CC2(C(=O)O)CCC2)CC1. The second-order valence-corrected chi connectivity index (χ2v) is 7.41. The molecule has 0 bridgehead atoms. The van der Waals surface area contributed by atoms with Crippen LogP contribution in [-0.2, 0) is 9.59 Å². The zero-order valence-corrected chi connectivity index (χ0v) is 13.4. The average Bonchev–Trinajstić information content (AvgIpc) is 2.40. The number of carbonyl (C=O) groups excluding carboxylic acids is 1. The summed E-state index contributed by atoms with van der Waals surface area (Å²) in [5, 5.41) is 9.32. The lowest BCUT2D eigenvalue weighted by Crippen LogP contribution is -2.45. The molecule has 120 valence electrons. The van der Waals surface area contributed by atoms with Crippen molar-refractivity contribution < 1.29 is 14.7 Å². The van der Waals surface area contributed by atoms with E-state index in [1.54, 1.807) is 0 Å². The largest absolute Gasteiger partial charge is 0.481 e. The van der Waals surface area contributed by atoms with Crippen molar-refractivity contribution in [2.45, 2.75) is 65.2 Å². The first kappa shape index (κ1) is 16.3. The Morgan fingerprint density at radius 2 is 1.86 bits per heavy atom. The van der Waals surface area contributed by atoms with Gasteiger partial charge in [0, 0.05) is 19.5 Å². The molecule has 2 aliphatic rings. The monoisotopic (exact) mass is 295 g/mol. The molecule has 0 spiro atoms. The minimum atomic E-state index is -0.783. The number of carbonyl (C=O) groups is 2. The van der Waals surface area contributed by atoms with E-state index < -0.39 is 11.4 Å². The Kier molecular flexibility index (Phi) is 5.28. The van der Waals surface area contributed by atoms with Crippen LogP contribution >= 0.6 is 0 Å². The highest BCUT2D eigenvalue weighted by Crippen LogP contribution is 2.44. The predicted molar refractivity (Wildman–Crippen MR) is 81.9 cm³/mol. The maximum Gasteiger partial charge on any atom is 0.310 e. The van der Waals surface area contributed by atoms with Crippen LogP contribution in [0.1, 0.15) is 65.2 Å². The second-order valence-electron chi connectivity index (χ2n) is 7.41. The Morgan fingerprint density at radius 1 is 1.24 bits per heavy atom. The first-order chi connectivity index (χ1) is 9.93. The Labute approximate surface area is 127 Å². The van der Waals surface area contributed by atoms with Gasteiger partial charge in [0.2, 0.25) is 5.91 Å². The fraction of sp³-hybridized carbons (Fsp3) is 0.882. The van der Waals surface area contributed by atoms with Crippen LogP contribution in [0.2, 0.25) is 0 Å². The van der Waals surface area contributed by atoms with Crippen LogP contribution in [0.4, 0.5) is 0 Å². The van der Waals surface area contributed by atoms with Crippen molar-refractivity contribution in [3.05, 3.63) is 0 Å². The minimum Gasteiger partial charge on any atom is -0.481 e. The summed E-state index contributed by atoms with van der Waals surface area (Å²) in [5.74, 6) is 0.764. The third-order valence-corrected chi connectivity index (χ3v) is 5.37. The van der Waals surface area contributed by atoms with Crippen molar-refractivity contribution >= 4 is 11.9 Å². The van der Waals surface area contributed by atoms with E-state index in [0.29, 0.717) is 12.8 Å². The highest BCUT2D eigenvalue weighted by molar-refractivity contribution is 5.85. The molecule has 21 heavy (non-hydrogen) atoms. The van der Waals surface area contributed by atoms with Crippen LogP contribution in [0, 0.1) is 17.3 Å². The fourth-order valence-corrected chi connectivity index (χ4v) is 3.51. The number of aliphatic carboxylic acids is 1. The van der Waals surface area contributed by atoms with Crippen molar-refractivity contribution in [1.82, 2.24) is 4.90 Å². The van der Waals surface area contributed by atoms with Gasteiger partial charge in [0.05, 0.1) is 5.41 Å². The number of carboxylic acid groups (broad SMARTS) is 1. The number of amides is 1. The number of rotatable bonds is 6. The third kappa shape index (κ3) is 3.98. The molecule has 0 aromatic carbocycles. The summed E-state index contributed by atoms with van der Waals surface area (Å²) in [6.45, 7) is 6.14. The molecule has 1 saturated heterocycles. The van der Waals surface area contributed by atoms with Gasteiger partial charge in [-0.05, 0) is 37.5 Å². The summed E-state index contributed by atoms with van der Waals surface area (Å²) in [6, 6.07) is 0. The maximum absolute atomic E-state index is 12.3. The molecule has 1 N–H and O–H groups in total. The van der Waals surface area contributed by atoms with Gasteiger partial charge in [-0.1, -0.05) is 33.1 Å². The molecule has 2 fully saturated rings. The number of hydrogen-bond donors (Lipinski definition) is 1. The first-order valence-electron chi connectivity index (χ1n) is 8.44. The summed E-state index contributed by atoms with van der Waals surface area (Å²) in [5.41, 5.74) is -0.744. The maximum atomic E-state index is 12.3. The molecule has 0 aromatic rings. The number of hydrogen-bond acceptors (Lipinski definition) is 2. The van der Waals surface area contributed by atoms with Crippen LogP contribution in [0.25, 0.3) is 0 Å². The zero-order chi connectivity index (χ0) is 15.5. The molecule has 0 unspecified atom stereocenters. The van der Waals surface area contributed by atoms with E-state index in [0.717, 1.165) is 44.2 Å². The smallest absolute Gasteiger partial charge is 0.310 e. The average molecular weight is 295 g/mol. The fourth-order valence-electron chi connectivity index (χ4n) is 3.51. The van der Waals surface area contributed by atoms with Crippen molar-refractivity contribution in [2.24, 2.45) is 17.3 Å². The van der Waals surface area contributed by atoms with E-state index in [2.05, 4.69) is 13.8 Å². The lowest BCUT2D eigenvalue weighted by molar-refractivity contribution is -0.159. The van der Waals surface area contributed by atoms with Crippen LogP contribution < -0.4 is 0 Å². The molecule has 4 heteroatoms. The Balaban J connectivity index is 1.77. The predicted octanol–water partition coefficient (Wildman–Crippen LogP) is 3.31. The zero-order valence-electron chi connectivity index (χ0n) is 13.4. The van der Waals surface area contributed by atoms with Crippen molar-refractivity contribution in [2.75, 3.05) is 13.1 Å². The summed E-state index contributed by atoms with van der Waals surface area (Å²) in [4.78, 5) is 25.6. The van der Waals surface area contributed by atoms with Gasteiger partial charge >= 0.3 is 5.97 Å². The number of piperidine rings is 1. The van der Waals surface area contributed by atoms with Crippen molar-refractivity contribution in [3.8, 4) is 0 Å². The number of likely N-dealkylation sites (tertiary alicyclic amines) is 1. The normalized spacial score (nSPS) is 22.1. The molecule has 0 radical (unpaired) electrons. The minimum absolute atomic E-state index is 0.0550. The van der Waals surface area contributed by atoms with Crippen LogP contribution in [-0.4, -0.2) is 35.0 Å². The van der Waals surface area contributed by atoms with Gasteiger partial charge in [-0.25, -0.2) is 0 Å². The Morgan fingerprint density at radius 3 is 2.29 bits per heavy atom. The van der Waals surface area contributed by atoms with Crippen molar-refractivity contribution in [3.63, 3.8) is 0 Å². The third-order valence-electron chi connectivity index (χ3n) is 5.37. The van der Waals surface area contributed by atoms with Crippen molar-refractivity contribution in [1.29, 1.82) is 0 Å². The molecule has 0 aromatic heterocycles. The van der Waals surface area contributed by atoms with E-state index in [1.165, 1.54) is 12.8 Å². The van der Waals surface area contributed by atoms with E-state index in [1.807, 2.05) is 4.90 Å². The topological polar surface area (TPSA) is 57.6 Å². The van der Waals surface area contributed by atoms with Gasteiger partial charge in [-0.15, -0.1) is 0 Å². The van der Waals surface area contributed by atoms with E-state index in [9.17, 15) is 14.7 Å². The summed E-state index contributed by atoms with van der Waals surface area (Å²) in [6.07, 6.45) is 7.17. The quantitative estimate of drug-likeness (QED) is 0.818. The van der Waals surface area contributed by atoms with E-state index >= 15 is 0 Å². The van der Waals surface area contributed by atoms with Crippen LogP contribution in [0.15, 0.2) is 0 Å². The van der Waals surface area contributed by atoms with Gasteiger partial charge in [-0.3, -0.25) is 9.59 Å². The van der Waals surface area contributed by atoms with Gasteiger partial charge in [0.15, 0.2) is 0 Å². The lowest BCUT2D eigenvalue weighted by Gasteiger charge is -2.40. The summed E-state index contributed by atoms with van der Waals surface area (Å²) in [7, 11) is 0. The molecular weight excluding hydrogens is 266 g/mol. The van der Waals surface area contributed by atoms with Crippen LogP contribution in [0.3, 0.4) is 0 Å². The van der Waals surface area contributed by atoms with Gasteiger partial charge < -0.3 is 10.0 Å². The summed E-state index contributed by atoms with van der Waals surface area (Å²) >= 11 is 0. The molecule has 1 heterocycles. The summed E-state index contributed by atoms with van der Waals surface area (Å²) < 4.78 is 0. The molecule has 1 aliphatic carbocycles. The molecule has 4 nitrogen and oxygen atoms in total. The standard InChI is InChI=1S/C17H29NO3/c1-13(2)4-5-14-6-10-18(11-7-14)15(19)12-17(16(20)21)8-3-9-17/h13-14H,3-12H2,1-2H3,(H,20,21). The van der Waals surface area contributed by atoms with E-state index in [4.69, 9.17) is 0 Å². The van der Waals surface area contributed by atoms with Gasteiger partial charge in [-0.2, -0.15) is 0 Å². The second kappa shape index (κ2) is 6.80. The molecule has 1 amide bonds. The highest BCUT2D eigenvalue weighted by atomic mass is 16.4. The Bertz CT molecular complexity index is 379. The Hall–Kier alpha value is -1.06. The molecule has 1 saturated carbocycles. The number of nitrogens with zero attached hydrogens (tertiary/aromatic N) is 1. The highest BCUT2D eigenvalue weighted by Gasteiger charge is 2.46. The molecule has 1 aliphatic heterocycles. The van der Waals surface area contributed by atoms with E-state index in [-0.39, 0.29) is 12.3 Å². The molecular formula is C17H29NO3. The van der Waals surface area contributed by atoms with Gasteiger partial charge in [0.25, 0.3) is 0 Å². The molecule has 2 rings (SSSR count).